The lowest BCUT2D eigenvalue weighted by atomic mass is 9.89. The van der Waals surface area contributed by atoms with Crippen LogP contribution in [0, 0.1) is 5.82 Å². The van der Waals surface area contributed by atoms with Crippen molar-refractivity contribution in [3.05, 3.63) is 48.3 Å². The number of aromatic nitrogens is 2. The molecule has 0 saturated carbocycles. The Hall–Kier alpha value is -2.74. The Kier molecular flexibility index (Phi) is 4.43. The molecule has 0 radical (unpaired) electrons. The molecular formula is C19H21FN4O3. The lowest BCUT2D eigenvalue weighted by Crippen LogP contribution is -2.59. The number of anilines is 1. The van der Waals surface area contributed by atoms with Gasteiger partial charge in [-0.2, -0.15) is 0 Å². The van der Waals surface area contributed by atoms with E-state index in [1.54, 1.807) is 45.9 Å². The van der Waals surface area contributed by atoms with Gasteiger partial charge < -0.3 is 19.1 Å². The molecule has 7 nitrogen and oxygen atoms in total. The van der Waals surface area contributed by atoms with Crippen molar-refractivity contribution >= 4 is 17.5 Å². The highest BCUT2D eigenvalue weighted by molar-refractivity contribution is 5.95. The van der Waals surface area contributed by atoms with Crippen LogP contribution in [0.5, 0.6) is 0 Å². The summed E-state index contributed by atoms with van der Waals surface area (Å²) in [5.41, 5.74) is 0.177. The Morgan fingerprint density at radius 3 is 2.56 bits per heavy atom. The fraction of sp³-hybridized carbons (Fsp3) is 0.421. The molecule has 0 unspecified atom stereocenters. The first-order valence-electron chi connectivity index (χ1n) is 8.94. The lowest BCUT2D eigenvalue weighted by molar-refractivity contribution is -0.143. The number of hydrogen-bond donors (Lipinski definition) is 0. The molecule has 1 aromatic carbocycles. The van der Waals surface area contributed by atoms with Gasteiger partial charge in [0.05, 0.1) is 12.1 Å². The summed E-state index contributed by atoms with van der Waals surface area (Å²) in [6.45, 7) is 1.47. The van der Waals surface area contributed by atoms with E-state index in [9.17, 15) is 14.0 Å². The number of nitrogens with zero attached hydrogens (tertiary/aromatic N) is 4. The first kappa shape index (κ1) is 17.7. The molecule has 2 aliphatic heterocycles. The van der Waals surface area contributed by atoms with Gasteiger partial charge in [0.1, 0.15) is 12.4 Å². The zero-order chi connectivity index (χ0) is 19.0. The smallest absolute Gasteiger partial charge is 0.289 e. The summed E-state index contributed by atoms with van der Waals surface area (Å²) in [6.07, 6.45) is 4.62. The van der Waals surface area contributed by atoms with Crippen molar-refractivity contribution < 1.29 is 18.7 Å². The van der Waals surface area contributed by atoms with Gasteiger partial charge >= 0.3 is 0 Å². The molecule has 2 fully saturated rings. The summed E-state index contributed by atoms with van der Waals surface area (Å²) in [5, 5.41) is 0. The van der Waals surface area contributed by atoms with Gasteiger partial charge in [-0.1, -0.05) is 0 Å². The van der Waals surface area contributed by atoms with E-state index in [0.29, 0.717) is 44.0 Å². The predicted molar refractivity (Wildman–Crippen MR) is 95.8 cm³/mol. The van der Waals surface area contributed by atoms with E-state index >= 15 is 0 Å². The molecule has 2 amide bonds. The molecule has 0 N–H and O–H groups in total. The zero-order valence-electron chi connectivity index (χ0n) is 15.1. The summed E-state index contributed by atoms with van der Waals surface area (Å²) in [4.78, 5) is 32.5. The van der Waals surface area contributed by atoms with E-state index in [0.717, 1.165) is 0 Å². The monoisotopic (exact) mass is 372 g/mol. The Bertz CT molecular complexity index is 856. The number of halogens is 1. The Balaban J connectivity index is 1.46. The second kappa shape index (κ2) is 6.77. The number of amides is 2. The van der Waals surface area contributed by atoms with Gasteiger partial charge in [0, 0.05) is 38.2 Å². The van der Waals surface area contributed by atoms with Gasteiger partial charge in [0.25, 0.3) is 11.8 Å². The number of aryl methyl sites for hydroxylation is 1. The quantitative estimate of drug-likeness (QED) is 0.803. The van der Waals surface area contributed by atoms with Crippen LogP contribution in [0.4, 0.5) is 10.1 Å². The van der Waals surface area contributed by atoms with Crippen LogP contribution in [0.15, 0.2) is 36.7 Å². The normalized spacial score (nSPS) is 19.6. The fourth-order valence-corrected chi connectivity index (χ4v) is 3.70. The van der Waals surface area contributed by atoms with Crippen molar-refractivity contribution in [2.45, 2.75) is 18.4 Å². The maximum absolute atomic E-state index is 13.2. The van der Waals surface area contributed by atoms with Crippen molar-refractivity contribution in [1.29, 1.82) is 0 Å². The average molecular weight is 372 g/mol. The molecule has 1 aromatic heterocycles. The fourth-order valence-electron chi connectivity index (χ4n) is 3.70. The van der Waals surface area contributed by atoms with Crippen LogP contribution in [0.2, 0.25) is 0 Å². The highest BCUT2D eigenvalue weighted by atomic mass is 19.1. The average Bonchev–Trinajstić information content (AvgIpc) is 3.11. The third-order valence-corrected chi connectivity index (χ3v) is 5.36. The highest BCUT2D eigenvalue weighted by Crippen LogP contribution is 2.33. The molecule has 4 rings (SSSR count). The summed E-state index contributed by atoms with van der Waals surface area (Å²) < 4.78 is 20.8. The van der Waals surface area contributed by atoms with E-state index in [2.05, 4.69) is 4.98 Å². The summed E-state index contributed by atoms with van der Waals surface area (Å²) >= 11 is 0. The van der Waals surface area contributed by atoms with Gasteiger partial charge in [0.2, 0.25) is 0 Å². The van der Waals surface area contributed by atoms with Crippen molar-refractivity contribution in [3.63, 3.8) is 0 Å². The van der Waals surface area contributed by atoms with Crippen molar-refractivity contribution in [2.75, 3.05) is 31.1 Å². The molecule has 2 aromatic rings. The SMILES string of the molecule is Cn1ccnc1C(=O)N1CCC2(CC1)CN(c1ccc(F)cc1)C(=O)CO2. The number of likely N-dealkylation sites (tertiary alicyclic amines) is 1. The zero-order valence-corrected chi connectivity index (χ0v) is 15.1. The summed E-state index contributed by atoms with van der Waals surface area (Å²) in [7, 11) is 1.79. The van der Waals surface area contributed by atoms with Gasteiger partial charge in [-0.05, 0) is 37.1 Å². The molecule has 0 atom stereocenters. The Morgan fingerprint density at radius 1 is 1.22 bits per heavy atom. The minimum Gasteiger partial charge on any atom is -0.363 e. The van der Waals surface area contributed by atoms with Gasteiger partial charge in [-0.25, -0.2) is 9.37 Å². The molecular weight excluding hydrogens is 351 g/mol. The maximum Gasteiger partial charge on any atom is 0.289 e. The van der Waals surface area contributed by atoms with Crippen molar-refractivity contribution in [2.24, 2.45) is 7.05 Å². The second-order valence-corrected chi connectivity index (χ2v) is 7.08. The molecule has 2 saturated heterocycles. The standard InChI is InChI=1S/C19H21FN4O3/c1-22-11-8-21-17(22)18(26)23-9-6-19(7-10-23)13-24(16(25)12-27-19)15-4-2-14(20)3-5-15/h2-5,8,11H,6-7,9-10,12-13H2,1H3. The third-order valence-electron chi connectivity index (χ3n) is 5.36. The molecule has 3 heterocycles. The Morgan fingerprint density at radius 2 is 1.93 bits per heavy atom. The van der Waals surface area contributed by atoms with Gasteiger partial charge in [-0.3, -0.25) is 9.59 Å². The third kappa shape index (κ3) is 3.32. The number of piperidine rings is 1. The second-order valence-electron chi connectivity index (χ2n) is 7.08. The van der Waals surface area contributed by atoms with Crippen molar-refractivity contribution in [1.82, 2.24) is 14.5 Å². The van der Waals surface area contributed by atoms with Crippen LogP contribution in [0.3, 0.4) is 0 Å². The summed E-state index contributed by atoms with van der Waals surface area (Å²) in [6, 6.07) is 5.90. The topological polar surface area (TPSA) is 67.7 Å². The number of carbonyl (C=O) groups excluding carboxylic acids is 2. The molecule has 0 aliphatic carbocycles. The molecule has 2 aliphatic rings. The predicted octanol–water partition coefficient (Wildman–Crippen LogP) is 1.60. The van der Waals surface area contributed by atoms with Crippen LogP contribution < -0.4 is 4.90 Å². The first-order valence-corrected chi connectivity index (χ1v) is 8.94. The van der Waals surface area contributed by atoms with E-state index in [4.69, 9.17) is 4.74 Å². The van der Waals surface area contributed by atoms with Crippen LogP contribution in [-0.2, 0) is 16.6 Å². The van der Waals surface area contributed by atoms with E-state index < -0.39 is 5.60 Å². The molecule has 27 heavy (non-hydrogen) atoms. The largest absolute Gasteiger partial charge is 0.363 e. The van der Waals surface area contributed by atoms with E-state index in [-0.39, 0.29) is 24.2 Å². The van der Waals surface area contributed by atoms with Crippen molar-refractivity contribution in [3.8, 4) is 0 Å². The van der Waals surface area contributed by atoms with Gasteiger partial charge in [0.15, 0.2) is 5.82 Å². The van der Waals surface area contributed by atoms with Crippen LogP contribution in [0.1, 0.15) is 23.5 Å². The van der Waals surface area contributed by atoms with E-state index in [1.165, 1.54) is 12.1 Å². The molecule has 0 bridgehead atoms. The Labute approximate surface area is 156 Å². The molecule has 142 valence electrons. The van der Waals surface area contributed by atoms with Crippen LogP contribution >= 0.6 is 0 Å². The number of rotatable bonds is 2. The highest BCUT2D eigenvalue weighted by Gasteiger charge is 2.43. The van der Waals surface area contributed by atoms with Gasteiger partial charge in [-0.15, -0.1) is 0 Å². The number of benzene rings is 1. The van der Waals surface area contributed by atoms with Crippen LogP contribution in [0.25, 0.3) is 0 Å². The minimum absolute atomic E-state index is 0.00924. The summed E-state index contributed by atoms with van der Waals surface area (Å²) in [5.74, 6) is -0.160. The number of carbonyl (C=O) groups is 2. The number of hydrogen-bond acceptors (Lipinski definition) is 4. The van der Waals surface area contributed by atoms with Crippen LogP contribution in [-0.4, -0.2) is 58.1 Å². The first-order chi connectivity index (χ1) is 13.0. The number of imidazole rings is 1. The number of ether oxygens (including phenoxy) is 1. The minimum atomic E-state index is -0.485. The molecule has 1 spiro atoms. The molecule has 8 heteroatoms. The lowest BCUT2D eigenvalue weighted by Gasteiger charge is -2.46. The van der Waals surface area contributed by atoms with E-state index in [1.807, 2.05) is 0 Å². The number of morpholine rings is 1. The maximum atomic E-state index is 13.2.